The lowest BCUT2D eigenvalue weighted by atomic mass is 9.91. The highest BCUT2D eigenvalue weighted by atomic mass is 19.1. The van der Waals surface area contributed by atoms with Crippen LogP contribution in [0, 0.1) is 5.82 Å². The van der Waals surface area contributed by atoms with Crippen molar-refractivity contribution in [1.29, 1.82) is 0 Å². The topological polar surface area (TPSA) is 75.8 Å². The molecule has 1 fully saturated rings. The summed E-state index contributed by atoms with van der Waals surface area (Å²) in [4.78, 5) is 13.9. The molecule has 0 amide bonds. The van der Waals surface area contributed by atoms with E-state index in [1.165, 1.54) is 25.1 Å². The van der Waals surface area contributed by atoms with Crippen molar-refractivity contribution in [3.05, 3.63) is 65.6 Å². The molecule has 7 heteroatoms. The number of Topliss-reactive ketones (excluding diaryl/α,β-unsaturated/α-hetero) is 1. The van der Waals surface area contributed by atoms with Crippen LogP contribution in [-0.4, -0.2) is 40.3 Å². The Morgan fingerprint density at radius 1 is 1.29 bits per heavy atom. The molecule has 31 heavy (non-hydrogen) atoms. The maximum absolute atomic E-state index is 13.4. The van der Waals surface area contributed by atoms with Crippen LogP contribution >= 0.6 is 0 Å². The van der Waals surface area contributed by atoms with Gasteiger partial charge in [-0.1, -0.05) is 11.2 Å². The first-order valence-corrected chi connectivity index (χ1v) is 10.4. The summed E-state index contributed by atoms with van der Waals surface area (Å²) in [6.07, 6.45) is 5.14. The summed E-state index contributed by atoms with van der Waals surface area (Å²) in [6, 6.07) is 9.13. The van der Waals surface area contributed by atoms with E-state index >= 15 is 0 Å². The van der Waals surface area contributed by atoms with Crippen LogP contribution in [0.4, 0.5) is 4.39 Å². The van der Waals surface area contributed by atoms with Gasteiger partial charge in [0.1, 0.15) is 5.82 Å². The van der Waals surface area contributed by atoms with Crippen molar-refractivity contribution in [1.82, 2.24) is 10.1 Å². The van der Waals surface area contributed by atoms with Crippen molar-refractivity contribution in [3.8, 4) is 11.5 Å². The Morgan fingerprint density at radius 3 is 2.77 bits per heavy atom. The lowest BCUT2D eigenvalue weighted by Gasteiger charge is -2.35. The molecule has 1 aliphatic rings. The molecular weight excluding hydrogens is 399 g/mol. The largest absolute Gasteiger partial charge is 0.504 e. The van der Waals surface area contributed by atoms with Crippen LogP contribution in [0.25, 0.3) is 11.0 Å². The van der Waals surface area contributed by atoms with E-state index in [1.54, 1.807) is 18.2 Å². The van der Waals surface area contributed by atoms with Crippen molar-refractivity contribution >= 4 is 16.8 Å². The fourth-order valence-electron chi connectivity index (χ4n) is 4.01. The third-order valence-electron chi connectivity index (χ3n) is 5.71. The smallest absolute Gasteiger partial charge is 0.172 e. The second kappa shape index (κ2) is 8.89. The summed E-state index contributed by atoms with van der Waals surface area (Å²) >= 11 is 0. The molecule has 1 atom stereocenters. The van der Waals surface area contributed by atoms with Crippen molar-refractivity contribution in [2.45, 2.75) is 38.8 Å². The maximum atomic E-state index is 13.4. The highest BCUT2D eigenvalue weighted by Crippen LogP contribution is 2.34. The number of allylic oxidation sites excluding steroid dienone is 1. The van der Waals surface area contributed by atoms with Gasteiger partial charge in [0.05, 0.1) is 5.69 Å². The maximum Gasteiger partial charge on any atom is 0.172 e. The number of ketones is 1. The van der Waals surface area contributed by atoms with Gasteiger partial charge in [0.25, 0.3) is 0 Å². The molecule has 0 spiro atoms. The summed E-state index contributed by atoms with van der Waals surface area (Å²) in [5.41, 5.74) is 1.82. The molecule has 2 heterocycles. The molecule has 0 radical (unpaired) electrons. The highest BCUT2D eigenvalue weighted by Gasteiger charge is 2.29. The highest BCUT2D eigenvalue weighted by molar-refractivity contribution is 5.94. The number of aromatic hydroxyl groups is 1. The van der Waals surface area contributed by atoms with E-state index < -0.39 is 0 Å². The standard InChI is InChI=1S/C24H25FN2O4/c1-3-4-23(30-22-13-17(15(2)28)5-8-20(22)29)27-11-9-16(10-12-27)24-19-7-6-18(25)14-21(19)31-26-24/h3-8,13-14,16,23,29H,9-12H2,1-2H3. The van der Waals surface area contributed by atoms with Crippen molar-refractivity contribution in [3.63, 3.8) is 0 Å². The summed E-state index contributed by atoms with van der Waals surface area (Å²) in [7, 11) is 0. The van der Waals surface area contributed by atoms with Crippen molar-refractivity contribution in [2.24, 2.45) is 0 Å². The fraction of sp³-hybridized carbons (Fsp3) is 0.333. The molecule has 1 N–H and O–H groups in total. The Hall–Kier alpha value is -3.19. The molecular formula is C24H25FN2O4. The number of fused-ring (bicyclic) bond motifs is 1. The number of carbonyl (C=O) groups excluding carboxylic acids is 1. The van der Waals surface area contributed by atoms with E-state index in [1.807, 2.05) is 19.1 Å². The SMILES string of the molecule is CC=CC(Oc1cc(C(C)=O)ccc1O)N1CCC(c2noc3cc(F)ccc23)CC1. The number of likely N-dealkylation sites (tertiary alicyclic amines) is 1. The Morgan fingerprint density at radius 2 is 2.06 bits per heavy atom. The van der Waals surface area contributed by atoms with Crippen molar-refractivity contribution < 1.29 is 23.6 Å². The van der Waals surface area contributed by atoms with Crippen LogP contribution in [0.2, 0.25) is 0 Å². The van der Waals surface area contributed by atoms with Gasteiger partial charge in [-0.05, 0) is 63.1 Å². The zero-order chi connectivity index (χ0) is 22.0. The Kier molecular flexibility index (Phi) is 6.04. The van der Waals surface area contributed by atoms with Gasteiger partial charge in [-0.2, -0.15) is 0 Å². The van der Waals surface area contributed by atoms with Gasteiger partial charge >= 0.3 is 0 Å². The minimum atomic E-state index is -0.373. The van der Waals surface area contributed by atoms with Crippen LogP contribution in [0.3, 0.4) is 0 Å². The number of phenols is 1. The minimum Gasteiger partial charge on any atom is -0.504 e. The lowest BCUT2D eigenvalue weighted by Crippen LogP contribution is -2.43. The summed E-state index contributed by atoms with van der Waals surface area (Å²) in [5.74, 6) is 0.0585. The minimum absolute atomic E-state index is 0.00399. The second-order valence-corrected chi connectivity index (χ2v) is 7.79. The number of halogens is 1. The van der Waals surface area contributed by atoms with Crippen molar-refractivity contribution in [2.75, 3.05) is 13.1 Å². The molecule has 4 rings (SSSR count). The van der Waals surface area contributed by atoms with E-state index in [-0.39, 0.29) is 35.2 Å². The first-order valence-electron chi connectivity index (χ1n) is 10.4. The Labute approximate surface area is 179 Å². The average molecular weight is 424 g/mol. The van der Waals surface area contributed by atoms with Gasteiger partial charge in [-0.3, -0.25) is 9.69 Å². The van der Waals surface area contributed by atoms with Gasteiger partial charge in [-0.25, -0.2) is 4.39 Å². The number of piperidine rings is 1. The molecule has 0 aliphatic carbocycles. The van der Waals surface area contributed by atoms with E-state index in [9.17, 15) is 14.3 Å². The second-order valence-electron chi connectivity index (χ2n) is 7.79. The molecule has 162 valence electrons. The van der Waals surface area contributed by atoms with E-state index in [4.69, 9.17) is 9.26 Å². The van der Waals surface area contributed by atoms with Crippen LogP contribution in [0.15, 0.2) is 53.1 Å². The fourth-order valence-corrected chi connectivity index (χ4v) is 4.01. The Bertz CT molecular complexity index is 1120. The van der Waals surface area contributed by atoms with E-state index in [2.05, 4.69) is 10.1 Å². The number of aromatic nitrogens is 1. The number of rotatable bonds is 6. The van der Waals surface area contributed by atoms with Crippen LogP contribution in [0.5, 0.6) is 11.5 Å². The molecule has 1 unspecified atom stereocenters. The third kappa shape index (κ3) is 4.46. The van der Waals surface area contributed by atoms with E-state index in [0.29, 0.717) is 11.1 Å². The lowest BCUT2D eigenvalue weighted by molar-refractivity contribution is 0.0403. The number of carbonyl (C=O) groups is 1. The predicted octanol–water partition coefficient (Wildman–Crippen LogP) is 5.04. The number of phenolic OH excluding ortho intramolecular Hbond substituents is 1. The molecule has 1 aromatic heterocycles. The third-order valence-corrected chi connectivity index (χ3v) is 5.71. The van der Waals surface area contributed by atoms with Crippen LogP contribution < -0.4 is 4.74 Å². The average Bonchev–Trinajstić information content (AvgIpc) is 3.17. The monoisotopic (exact) mass is 424 g/mol. The zero-order valence-corrected chi connectivity index (χ0v) is 17.5. The molecule has 1 saturated heterocycles. The molecule has 0 saturated carbocycles. The molecule has 1 aliphatic heterocycles. The first-order chi connectivity index (χ1) is 15.0. The van der Waals surface area contributed by atoms with Gasteiger partial charge in [-0.15, -0.1) is 0 Å². The number of ether oxygens (including phenoxy) is 1. The van der Waals surface area contributed by atoms with Gasteiger partial charge in [0.2, 0.25) is 0 Å². The first kappa shape index (κ1) is 21.1. The number of benzene rings is 2. The predicted molar refractivity (Wildman–Crippen MR) is 115 cm³/mol. The van der Waals surface area contributed by atoms with Gasteiger partial charge in [0.15, 0.2) is 29.1 Å². The molecule has 6 nitrogen and oxygen atoms in total. The molecule has 0 bridgehead atoms. The van der Waals surface area contributed by atoms with Gasteiger partial charge < -0.3 is 14.4 Å². The molecule has 2 aromatic carbocycles. The molecule has 3 aromatic rings. The quantitative estimate of drug-likeness (QED) is 0.442. The Balaban J connectivity index is 1.48. The summed E-state index contributed by atoms with van der Waals surface area (Å²) < 4.78 is 24.8. The summed E-state index contributed by atoms with van der Waals surface area (Å²) in [5, 5.41) is 15.3. The zero-order valence-electron chi connectivity index (χ0n) is 17.5. The van der Waals surface area contributed by atoms with Crippen LogP contribution in [-0.2, 0) is 0 Å². The van der Waals surface area contributed by atoms with E-state index in [0.717, 1.165) is 37.0 Å². The number of hydrogen-bond acceptors (Lipinski definition) is 6. The normalized spacial score (nSPS) is 16.7. The summed E-state index contributed by atoms with van der Waals surface area (Å²) in [6.45, 7) is 4.90. The number of hydrogen-bond donors (Lipinski definition) is 1. The van der Waals surface area contributed by atoms with Crippen LogP contribution in [0.1, 0.15) is 48.7 Å². The number of nitrogens with zero attached hydrogens (tertiary/aromatic N) is 2. The van der Waals surface area contributed by atoms with Gasteiger partial charge in [0, 0.05) is 36.0 Å².